The van der Waals surface area contributed by atoms with Crippen molar-refractivity contribution in [3.05, 3.63) is 12.2 Å². The van der Waals surface area contributed by atoms with Crippen molar-refractivity contribution >= 4 is 11.8 Å². The highest BCUT2D eigenvalue weighted by Crippen LogP contribution is 1.79. The van der Waals surface area contributed by atoms with Crippen LogP contribution in [0.4, 0.5) is 0 Å². The summed E-state index contributed by atoms with van der Waals surface area (Å²) >= 11 is 0. The summed E-state index contributed by atoms with van der Waals surface area (Å²) < 4.78 is 0. The van der Waals surface area contributed by atoms with Gasteiger partial charge in [-0.05, 0) is 12.5 Å². The van der Waals surface area contributed by atoms with Crippen LogP contribution in [0.1, 0.15) is 19.8 Å². The number of carbonyl (C=O) groups excluding carboxylic acids is 2. The van der Waals surface area contributed by atoms with E-state index in [4.69, 9.17) is 5.26 Å². The van der Waals surface area contributed by atoms with Crippen molar-refractivity contribution in [3.8, 4) is 6.07 Å². The molecule has 0 saturated heterocycles. The van der Waals surface area contributed by atoms with Crippen molar-refractivity contribution in [2.45, 2.75) is 19.8 Å². The third-order valence-electron chi connectivity index (χ3n) is 1.49. The predicted octanol–water partition coefficient (Wildman–Crippen LogP) is 0.0987. The van der Waals surface area contributed by atoms with Crippen LogP contribution in [-0.2, 0) is 9.59 Å². The number of nitrogens with one attached hydrogen (secondary N) is 2. The average Bonchev–Trinajstić information content (AvgIpc) is 2.22. The molecule has 2 amide bonds. The summed E-state index contributed by atoms with van der Waals surface area (Å²) in [6.45, 7) is 2.64. The van der Waals surface area contributed by atoms with Crippen LogP contribution in [0.2, 0.25) is 0 Å². The summed E-state index contributed by atoms with van der Waals surface area (Å²) in [7, 11) is 0. The van der Waals surface area contributed by atoms with Crippen molar-refractivity contribution in [3.63, 3.8) is 0 Å². The second kappa shape index (κ2) is 8.75. The molecule has 0 rings (SSSR count). The zero-order valence-electron chi connectivity index (χ0n) is 8.75. The lowest BCUT2D eigenvalue weighted by molar-refractivity contribution is -0.120. The minimum atomic E-state index is -0.323. The molecular weight excluding hydrogens is 194 g/mol. The first-order valence-corrected chi connectivity index (χ1v) is 4.78. The van der Waals surface area contributed by atoms with Crippen molar-refractivity contribution in [2.24, 2.45) is 0 Å². The van der Waals surface area contributed by atoms with Gasteiger partial charge in [-0.2, -0.15) is 5.26 Å². The quantitative estimate of drug-likeness (QED) is 0.480. The molecular formula is C10H15N3O2. The molecule has 0 radical (unpaired) electrons. The van der Waals surface area contributed by atoms with Gasteiger partial charge in [0.25, 0.3) is 0 Å². The van der Waals surface area contributed by atoms with E-state index >= 15 is 0 Å². The van der Waals surface area contributed by atoms with Gasteiger partial charge in [0.05, 0.1) is 6.07 Å². The van der Waals surface area contributed by atoms with Crippen LogP contribution in [0, 0.1) is 11.3 Å². The summed E-state index contributed by atoms with van der Waals surface area (Å²) in [4.78, 5) is 21.8. The molecule has 0 aliphatic rings. The maximum atomic E-state index is 11.0. The first kappa shape index (κ1) is 13.2. The largest absolute Gasteiger partial charge is 0.353 e. The van der Waals surface area contributed by atoms with Gasteiger partial charge in [0.2, 0.25) is 11.8 Å². The molecule has 0 saturated carbocycles. The van der Waals surface area contributed by atoms with Crippen molar-refractivity contribution in [1.29, 1.82) is 5.26 Å². The summed E-state index contributed by atoms with van der Waals surface area (Å²) in [5.41, 5.74) is 0. The molecule has 0 unspecified atom stereocenters. The second-order valence-electron chi connectivity index (χ2n) is 2.79. The van der Waals surface area contributed by atoms with E-state index in [1.54, 1.807) is 12.1 Å². The van der Waals surface area contributed by atoms with Crippen molar-refractivity contribution in [2.75, 3.05) is 13.1 Å². The Morgan fingerprint density at radius 3 is 2.60 bits per heavy atom. The first-order valence-electron chi connectivity index (χ1n) is 4.78. The van der Waals surface area contributed by atoms with E-state index in [0.717, 1.165) is 6.42 Å². The molecule has 0 bridgehead atoms. The highest BCUT2D eigenvalue weighted by atomic mass is 16.2. The standard InChI is InChI=1S/C10H15N3O2/c1-2-3-4-9(14)12-7-8-13-10(15)5-6-11/h3-4H,2,5,7-8H2,1H3,(H,12,14)(H,13,15)/b4-3+. The van der Waals surface area contributed by atoms with Crippen LogP contribution >= 0.6 is 0 Å². The van der Waals surface area contributed by atoms with Crippen LogP contribution in [0.15, 0.2) is 12.2 Å². The van der Waals surface area contributed by atoms with Gasteiger partial charge in [0, 0.05) is 13.1 Å². The fourth-order valence-electron chi connectivity index (χ4n) is 0.806. The number of nitriles is 1. The Morgan fingerprint density at radius 1 is 1.33 bits per heavy atom. The summed E-state index contributed by atoms with van der Waals surface area (Å²) in [6, 6.07) is 1.73. The number of allylic oxidation sites excluding steroid dienone is 1. The lowest BCUT2D eigenvalue weighted by Crippen LogP contribution is -2.33. The van der Waals surface area contributed by atoms with E-state index in [2.05, 4.69) is 10.6 Å². The van der Waals surface area contributed by atoms with Crippen molar-refractivity contribution < 1.29 is 9.59 Å². The third kappa shape index (κ3) is 8.50. The lowest BCUT2D eigenvalue weighted by Gasteiger charge is -2.03. The van der Waals surface area contributed by atoms with Crippen LogP contribution in [0.5, 0.6) is 0 Å². The number of carbonyl (C=O) groups is 2. The van der Waals surface area contributed by atoms with Crippen molar-refractivity contribution in [1.82, 2.24) is 10.6 Å². The Hall–Kier alpha value is -1.83. The molecule has 82 valence electrons. The first-order chi connectivity index (χ1) is 7.20. The number of rotatable bonds is 6. The number of amides is 2. The smallest absolute Gasteiger partial charge is 0.243 e. The summed E-state index contributed by atoms with van der Waals surface area (Å²) in [5.74, 6) is -0.498. The van der Waals surface area contributed by atoms with E-state index in [1.807, 2.05) is 6.92 Å². The SMILES string of the molecule is CC/C=C/C(=O)NCCNC(=O)CC#N. The second-order valence-corrected chi connectivity index (χ2v) is 2.79. The Kier molecular flexibility index (Phi) is 7.69. The predicted molar refractivity (Wildman–Crippen MR) is 55.7 cm³/mol. The van der Waals surface area contributed by atoms with E-state index in [-0.39, 0.29) is 18.2 Å². The molecule has 2 N–H and O–H groups in total. The molecule has 5 nitrogen and oxygen atoms in total. The van der Waals surface area contributed by atoms with Gasteiger partial charge in [-0.25, -0.2) is 0 Å². The minimum absolute atomic E-state index is 0.149. The molecule has 0 heterocycles. The normalized spacial score (nSPS) is 9.60. The average molecular weight is 209 g/mol. The zero-order chi connectivity index (χ0) is 11.5. The molecule has 0 aliphatic carbocycles. The molecule has 15 heavy (non-hydrogen) atoms. The van der Waals surface area contributed by atoms with Gasteiger partial charge in [0.15, 0.2) is 0 Å². The van der Waals surface area contributed by atoms with Gasteiger partial charge >= 0.3 is 0 Å². The third-order valence-corrected chi connectivity index (χ3v) is 1.49. The lowest BCUT2D eigenvalue weighted by atomic mass is 10.4. The van der Waals surface area contributed by atoms with Crippen LogP contribution < -0.4 is 10.6 Å². The minimum Gasteiger partial charge on any atom is -0.353 e. The maximum Gasteiger partial charge on any atom is 0.243 e. The number of hydrogen-bond acceptors (Lipinski definition) is 3. The Morgan fingerprint density at radius 2 is 2.00 bits per heavy atom. The fraction of sp³-hybridized carbons (Fsp3) is 0.500. The van der Waals surface area contributed by atoms with E-state index < -0.39 is 0 Å². The molecule has 0 aromatic heterocycles. The van der Waals surface area contributed by atoms with Gasteiger partial charge in [-0.15, -0.1) is 0 Å². The van der Waals surface area contributed by atoms with E-state index in [1.165, 1.54) is 6.08 Å². The van der Waals surface area contributed by atoms with E-state index in [9.17, 15) is 9.59 Å². The van der Waals surface area contributed by atoms with Gasteiger partial charge in [-0.1, -0.05) is 13.0 Å². The molecule has 0 aromatic rings. The molecule has 0 aromatic carbocycles. The highest BCUT2D eigenvalue weighted by Gasteiger charge is 1.98. The number of nitrogens with zero attached hydrogens (tertiary/aromatic N) is 1. The molecule has 5 heteroatoms. The number of hydrogen-bond donors (Lipinski definition) is 2. The zero-order valence-corrected chi connectivity index (χ0v) is 8.75. The van der Waals surface area contributed by atoms with Gasteiger partial charge < -0.3 is 10.6 Å². The van der Waals surface area contributed by atoms with Gasteiger partial charge in [-0.3, -0.25) is 9.59 Å². The Bertz CT molecular complexity index is 279. The Labute approximate surface area is 89.1 Å². The van der Waals surface area contributed by atoms with Gasteiger partial charge in [0.1, 0.15) is 6.42 Å². The van der Waals surface area contributed by atoms with E-state index in [0.29, 0.717) is 13.1 Å². The molecule has 0 spiro atoms. The summed E-state index contributed by atoms with van der Waals surface area (Å²) in [6.07, 6.45) is 3.87. The molecule has 0 fully saturated rings. The topological polar surface area (TPSA) is 82.0 Å². The van der Waals surface area contributed by atoms with Crippen LogP contribution in [0.3, 0.4) is 0 Å². The Balaban J connectivity index is 3.47. The monoisotopic (exact) mass is 209 g/mol. The molecule has 0 aliphatic heterocycles. The maximum absolute atomic E-state index is 11.0. The summed E-state index contributed by atoms with van der Waals surface area (Å²) in [5, 5.41) is 13.3. The van der Waals surface area contributed by atoms with Crippen LogP contribution in [-0.4, -0.2) is 24.9 Å². The fourth-order valence-corrected chi connectivity index (χ4v) is 0.806. The van der Waals surface area contributed by atoms with Crippen LogP contribution in [0.25, 0.3) is 0 Å². The highest BCUT2D eigenvalue weighted by molar-refractivity contribution is 5.87. The molecule has 0 atom stereocenters.